The van der Waals surface area contributed by atoms with Crippen LogP contribution in [0.5, 0.6) is 0 Å². The van der Waals surface area contributed by atoms with Crippen LogP contribution < -0.4 is 10.2 Å². The van der Waals surface area contributed by atoms with Gasteiger partial charge in [0.15, 0.2) is 11.6 Å². The highest BCUT2D eigenvalue weighted by molar-refractivity contribution is 6.36. The van der Waals surface area contributed by atoms with Gasteiger partial charge in [-0.15, -0.1) is 0 Å². The van der Waals surface area contributed by atoms with Gasteiger partial charge in [0.25, 0.3) is 0 Å². The minimum absolute atomic E-state index is 0.0997. The molecule has 0 radical (unpaired) electrons. The van der Waals surface area contributed by atoms with Gasteiger partial charge in [0.05, 0.1) is 31.1 Å². The summed E-state index contributed by atoms with van der Waals surface area (Å²) >= 11 is 12.5. The fraction of sp³-hybridized carbons (Fsp3) is 0.400. The van der Waals surface area contributed by atoms with Crippen molar-refractivity contribution in [2.24, 2.45) is 0 Å². The Balaban J connectivity index is 1.84. The second kappa shape index (κ2) is 7.46. The third-order valence-electron chi connectivity index (χ3n) is 3.66. The minimum Gasteiger partial charge on any atom is -0.378 e. The van der Waals surface area contributed by atoms with Gasteiger partial charge >= 0.3 is 0 Å². The van der Waals surface area contributed by atoms with Crippen LogP contribution in [0, 0.1) is 5.82 Å². The number of pyridine rings is 1. The maximum atomic E-state index is 13.0. The molecule has 0 unspecified atom stereocenters. The van der Waals surface area contributed by atoms with Crippen molar-refractivity contribution in [3.05, 3.63) is 40.1 Å². The second-order valence-corrected chi connectivity index (χ2v) is 6.06. The van der Waals surface area contributed by atoms with Gasteiger partial charge in [-0.2, -0.15) is 9.97 Å². The van der Waals surface area contributed by atoms with Gasteiger partial charge in [0.2, 0.25) is 5.28 Å². The average Bonchev–Trinajstić information content (AvgIpc) is 2.59. The summed E-state index contributed by atoms with van der Waals surface area (Å²) in [4.78, 5) is 14.5. The first-order valence-corrected chi connectivity index (χ1v) is 8.24. The van der Waals surface area contributed by atoms with Crippen LogP contribution in [0.3, 0.4) is 0 Å². The minimum atomic E-state index is -0.385. The van der Waals surface area contributed by atoms with Crippen molar-refractivity contribution >= 4 is 34.8 Å². The van der Waals surface area contributed by atoms with Crippen LogP contribution in [-0.2, 0) is 4.74 Å². The molecule has 128 valence electrons. The molecule has 6 nitrogen and oxygen atoms in total. The summed E-state index contributed by atoms with van der Waals surface area (Å²) in [7, 11) is 0. The molecule has 2 aromatic heterocycles. The molecule has 0 spiro atoms. The lowest BCUT2D eigenvalue weighted by molar-refractivity contribution is 0.122. The normalized spacial score (nSPS) is 16.1. The summed E-state index contributed by atoms with van der Waals surface area (Å²) in [5, 5.41) is 3.64. The molecule has 9 heteroatoms. The number of nitrogens with zero attached hydrogens (tertiary/aromatic N) is 4. The van der Waals surface area contributed by atoms with Crippen LogP contribution >= 0.6 is 23.2 Å². The van der Waals surface area contributed by atoms with Crippen LogP contribution in [-0.4, -0.2) is 41.3 Å². The molecule has 0 amide bonds. The molecule has 1 N–H and O–H groups in total. The summed E-state index contributed by atoms with van der Waals surface area (Å²) in [6, 6.07) is 2.73. The number of rotatable bonds is 4. The average molecular weight is 372 g/mol. The van der Waals surface area contributed by atoms with Crippen molar-refractivity contribution in [3.8, 4) is 0 Å². The zero-order chi connectivity index (χ0) is 17.1. The second-order valence-electron chi connectivity index (χ2n) is 5.35. The van der Waals surface area contributed by atoms with E-state index in [9.17, 15) is 4.39 Å². The Labute approximate surface area is 149 Å². The van der Waals surface area contributed by atoms with Crippen LogP contribution in [0.2, 0.25) is 10.3 Å². The lowest BCUT2D eigenvalue weighted by Gasteiger charge is -2.29. The quantitative estimate of drug-likeness (QED) is 0.831. The van der Waals surface area contributed by atoms with Crippen LogP contribution in [0.1, 0.15) is 18.7 Å². The standard InChI is InChI=1S/C15H16Cl2FN5O/c1-9(11-3-2-10(18)8-19-11)20-13-12(16)14(22-15(17)21-13)23-4-6-24-7-5-23/h2-3,8-9H,4-7H2,1H3,(H,20,21,22)/t9-/m0/s1. The van der Waals surface area contributed by atoms with Crippen molar-refractivity contribution in [2.45, 2.75) is 13.0 Å². The summed E-state index contributed by atoms with van der Waals surface area (Å²) < 4.78 is 18.3. The van der Waals surface area contributed by atoms with E-state index in [0.717, 1.165) is 0 Å². The number of ether oxygens (including phenoxy) is 1. The van der Waals surface area contributed by atoms with Crippen molar-refractivity contribution in [1.29, 1.82) is 0 Å². The Hall–Kier alpha value is -1.70. The molecule has 0 bridgehead atoms. The molecule has 0 aliphatic carbocycles. The zero-order valence-electron chi connectivity index (χ0n) is 13.0. The van der Waals surface area contributed by atoms with Gasteiger partial charge in [-0.1, -0.05) is 11.6 Å². The first-order valence-electron chi connectivity index (χ1n) is 7.48. The highest BCUT2D eigenvalue weighted by Gasteiger charge is 2.21. The van der Waals surface area contributed by atoms with Gasteiger partial charge in [0.1, 0.15) is 10.8 Å². The Morgan fingerprint density at radius 3 is 2.67 bits per heavy atom. The van der Waals surface area contributed by atoms with Crippen LogP contribution in [0.25, 0.3) is 0 Å². The smallest absolute Gasteiger partial charge is 0.226 e. The predicted molar refractivity (Wildman–Crippen MR) is 91.3 cm³/mol. The fourth-order valence-electron chi connectivity index (χ4n) is 2.41. The third-order valence-corrected chi connectivity index (χ3v) is 4.18. The number of halogens is 3. The molecule has 1 saturated heterocycles. The number of anilines is 2. The van der Waals surface area contributed by atoms with Gasteiger partial charge < -0.3 is 15.0 Å². The van der Waals surface area contributed by atoms with E-state index in [0.29, 0.717) is 48.7 Å². The molecule has 3 rings (SSSR count). The van der Waals surface area contributed by atoms with Crippen LogP contribution in [0.15, 0.2) is 18.3 Å². The molecular formula is C15H16Cl2FN5O. The first kappa shape index (κ1) is 17.1. The maximum Gasteiger partial charge on any atom is 0.226 e. The van der Waals surface area contributed by atoms with Gasteiger partial charge in [-0.05, 0) is 30.7 Å². The molecule has 1 fully saturated rings. The molecule has 0 saturated carbocycles. The Morgan fingerprint density at radius 2 is 2.00 bits per heavy atom. The van der Waals surface area contributed by atoms with Crippen molar-refractivity contribution in [2.75, 3.05) is 36.5 Å². The topological polar surface area (TPSA) is 63.2 Å². The van der Waals surface area contributed by atoms with E-state index < -0.39 is 0 Å². The van der Waals surface area contributed by atoms with Gasteiger partial charge in [0, 0.05) is 13.1 Å². The molecule has 24 heavy (non-hydrogen) atoms. The molecule has 0 aromatic carbocycles. The first-order chi connectivity index (χ1) is 11.5. The number of morpholine rings is 1. The van der Waals surface area contributed by atoms with Crippen molar-refractivity contribution in [3.63, 3.8) is 0 Å². The largest absolute Gasteiger partial charge is 0.378 e. The van der Waals surface area contributed by atoms with E-state index in [1.54, 1.807) is 6.07 Å². The maximum absolute atomic E-state index is 13.0. The molecule has 3 heterocycles. The zero-order valence-corrected chi connectivity index (χ0v) is 14.5. The van der Waals surface area contributed by atoms with Gasteiger partial charge in [-0.25, -0.2) is 4.39 Å². The lowest BCUT2D eigenvalue weighted by Crippen LogP contribution is -2.37. The van der Waals surface area contributed by atoms with Crippen molar-refractivity contribution < 1.29 is 9.13 Å². The Morgan fingerprint density at radius 1 is 1.25 bits per heavy atom. The molecule has 1 aliphatic rings. The predicted octanol–water partition coefficient (Wildman–Crippen LogP) is 3.33. The van der Waals surface area contributed by atoms with Gasteiger partial charge in [-0.3, -0.25) is 4.98 Å². The SMILES string of the molecule is C[C@H](Nc1nc(Cl)nc(N2CCOCC2)c1Cl)c1ccc(F)cn1. The van der Waals surface area contributed by atoms with Crippen molar-refractivity contribution in [1.82, 2.24) is 15.0 Å². The van der Waals surface area contributed by atoms with E-state index in [2.05, 4.69) is 20.3 Å². The molecule has 1 aliphatic heterocycles. The fourth-order valence-corrected chi connectivity index (χ4v) is 2.83. The van der Waals surface area contributed by atoms with E-state index >= 15 is 0 Å². The summed E-state index contributed by atoms with van der Waals surface area (Å²) in [5.41, 5.74) is 0.662. The highest BCUT2D eigenvalue weighted by Crippen LogP contribution is 2.33. The third kappa shape index (κ3) is 3.85. The number of aromatic nitrogens is 3. The summed E-state index contributed by atoms with van der Waals surface area (Å²) in [6.07, 6.45) is 1.17. The number of nitrogens with one attached hydrogen (secondary N) is 1. The molecule has 2 aromatic rings. The Bertz CT molecular complexity index is 710. The highest BCUT2D eigenvalue weighted by atomic mass is 35.5. The van der Waals surface area contributed by atoms with E-state index in [-0.39, 0.29) is 17.1 Å². The monoisotopic (exact) mass is 371 g/mol. The van der Waals surface area contributed by atoms with E-state index in [1.807, 2.05) is 11.8 Å². The summed E-state index contributed by atoms with van der Waals surface area (Å²) in [5.74, 6) is 0.599. The van der Waals surface area contributed by atoms with Crippen LogP contribution in [0.4, 0.5) is 16.0 Å². The Kier molecular flexibility index (Phi) is 5.33. The number of hydrogen-bond donors (Lipinski definition) is 1. The number of hydrogen-bond acceptors (Lipinski definition) is 6. The van der Waals surface area contributed by atoms with E-state index in [1.165, 1.54) is 12.3 Å². The van der Waals surface area contributed by atoms with E-state index in [4.69, 9.17) is 27.9 Å². The molecular weight excluding hydrogens is 356 g/mol. The summed E-state index contributed by atoms with van der Waals surface area (Å²) in [6.45, 7) is 4.46. The lowest BCUT2D eigenvalue weighted by atomic mass is 10.2. The molecule has 1 atom stereocenters.